The number of aryl methyl sites for hydroxylation is 1. The number of nitrogens with zero attached hydrogens (tertiary/aromatic N) is 4. The van der Waals surface area contributed by atoms with E-state index < -0.39 is 5.54 Å². The van der Waals surface area contributed by atoms with E-state index in [2.05, 4.69) is 10.2 Å². The molecule has 4 rings (SSSR count). The molecule has 6 nitrogen and oxygen atoms in total. The summed E-state index contributed by atoms with van der Waals surface area (Å²) in [5.41, 5.74) is 2.63. The lowest BCUT2D eigenvalue weighted by molar-refractivity contribution is 0.103. The molecule has 31 heavy (non-hydrogen) atoms. The Morgan fingerprint density at radius 2 is 1.58 bits per heavy atom. The third-order valence-corrected chi connectivity index (χ3v) is 5.16. The van der Waals surface area contributed by atoms with Crippen molar-refractivity contribution in [1.29, 1.82) is 0 Å². The topological polar surface area (TPSA) is 69.8 Å². The molecule has 2 aromatic heterocycles. The van der Waals surface area contributed by atoms with E-state index in [0.717, 1.165) is 5.56 Å². The van der Waals surface area contributed by atoms with Gasteiger partial charge < -0.3 is 0 Å². The summed E-state index contributed by atoms with van der Waals surface area (Å²) in [4.78, 5) is 25.5. The maximum Gasteiger partial charge on any atom is 0.278 e. The average Bonchev–Trinajstić information content (AvgIpc) is 3.04. The Morgan fingerprint density at radius 1 is 1.00 bits per heavy atom. The zero-order valence-corrected chi connectivity index (χ0v) is 17.9. The number of hydrogen-bond donors (Lipinski definition) is 0. The van der Waals surface area contributed by atoms with Gasteiger partial charge in [0.25, 0.3) is 5.56 Å². The fourth-order valence-electron chi connectivity index (χ4n) is 3.57. The van der Waals surface area contributed by atoms with Gasteiger partial charge in [0.2, 0.25) is 0 Å². The van der Waals surface area contributed by atoms with E-state index in [4.69, 9.17) is 0 Å². The zero-order chi connectivity index (χ0) is 22.3. The first-order valence-electron chi connectivity index (χ1n) is 10.0. The molecule has 0 fully saturated rings. The minimum atomic E-state index is -0.424. The molecule has 2 heterocycles. The summed E-state index contributed by atoms with van der Waals surface area (Å²) in [6.45, 7) is 8.05. The van der Waals surface area contributed by atoms with Gasteiger partial charge in [0.1, 0.15) is 5.82 Å². The number of carbonyl (C=O) groups excluding carboxylic acids is 1. The van der Waals surface area contributed by atoms with Gasteiger partial charge in [-0.3, -0.25) is 14.3 Å². The average molecular weight is 418 g/mol. The van der Waals surface area contributed by atoms with Crippen LogP contribution in [0.2, 0.25) is 0 Å². The van der Waals surface area contributed by atoms with Crippen molar-refractivity contribution in [3.05, 3.63) is 93.3 Å². The minimum Gasteiger partial charge on any atom is -0.289 e. The summed E-state index contributed by atoms with van der Waals surface area (Å²) in [6, 6.07) is 12.7. The van der Waals surface area contributed by atoms with Crippen LogP contribution in [0, 0.1) is 12.7 Å². The third-order valence-electron chi connectivity index (χ3n) is 5.16. The van der Waals surface area contributed by atoms with Crippen LogP contribution in [0.5, 0.6) is 0 Å². The van der Waals surface area contributed by atoms with E-state index in [9.17, 15) is 14.0 Å². The quantitative estimate of drug-likeness (QED) is 0.469. The predicted molar refractivity (Wildman–Crippen MR) is 117 cm³/mol. The van der Waals surface area contributed by atoms with Gasteiger partial charge in [0.15, 0.2) is 5.78 Å². The molecule has 0 bridgehead atoms. The highest BCUT2D eigenvalue weighted by molar-refractivity contribution is 6.08. The number of hydrogen-bond acceptors (Lipinski definition) is 4. The molecular weight excluding hydrogens is 395 g/mol. The van der Waals surface area contributed by atoms with Crippen molar-refractivity contribution >= 4 is 16.7 Å². The second kappa shape index (κ2) is 7.58. The highest BCUT2D eigenvalue weighted by Crippen LogP contribution is 2.18. The summed E-state index contributed by atoms with van der Waals surface area (Å²) in [7, 11) is 0. The molecule has 0 saturated heterocycles. The fraction of sp³-hybridized carbons (Fsp3) is 0.250. The Morgan fingerprint density at radius 3 is 2.16 bits per heavy atom. The predicted octanol–water partition coefficient (Wildman–Crippen LogP) is 4.07. The molecular formula is C24H23FN4O2. The van der Waals surface area contributed by atoms with Gasteiger partial charge in [-0.15, -0.1) is 0 Å². The number of halogens is 1. The zero-order valence-electron chi connectivity index (χ0n) is 17.9. The van der Waals surface area contributed by atoms with E-state index in [1.165, 1.54) is 28.9 Å². The molecule has 7 heteroatoms. The third kappa shape index (κ3) is 3.91. The maximum absolute atomic E-state index is 13.1. The second-order valence-corrected chi connectivity index (χ2v) is 8.57. The maximum atomic E-state index is 13.1. The molecule has 4 aromatic rings. The van der Waals surface area contributed by atoms with Crippen molar-refractivity contribution in [3.63, 3.8) is 0 Å². The van der Waals surface area contributed by atoms with E-state index in [-0.39, 0.29) is 17.2 Å². The van der Waals surface area contributed by atoms with Crippen LogP contribution in [-0.2, 0) is 12.1 Å². The van der Waals surface area contributed by atoms with E-state index in [1.807, 2.05) is 39.8 Å². The molecule has 0 atom stereocenters. The number of benzene rings is 2. The Balaban J connectivity index is 1.63. The SMILES string of the molecule is Cc1nn(Cc2ccc(C(=O)c3ccc(F)cc3)cc2)c2cnn(C(C)(C)C)c(=O)c12. The lowest BCUT2D eigenvalue weighted by atomic mass is 10.0. The number of aromatic nitrogens is 4. The van der Waals surface area contributed by atoms with Gasteiger partial charge in [-0.1, -0.05) is 24.3 Å². The molecule has 2 aromatic carbocycles. The van der Waals surface area contributed by atoms with Gasteiger partial charge >= 0.3 is 0 Å². The molecule has 0 N–H and O–H groups in total. The lowest BCUT2D eigenvalue weighted by Crippen LogP contribution is -2.35. The molecule has 0 aliphatic carbocycles. The number of carbonyl (C=O) groups is 1. The van der Waals surface area contributed by atoms with Crippen molar-refractivity contribution in [2.24, 2.45) is 0 Å². The standard InChI is InChI=1S/C24H23FN4O2/c1-15-21-20(13-26-29(23(21)31)24(2,3)4)28(27-15)14-16-5-7-17(8-6-16)22(30)18-9-11-19(25)12-10-18/h5-13H,14H2,1-4H3. The smallest absolute Gasteiger partial charge is 0.278 e. The summed E-state index contributed by atoms with van der Waals surface area (Å²) in [6.07, 6.45) is 1.68. The molecule has 0 aliphatic heterocycles. The summed E-state index contributed by atoms with van der Waals surface area (Å²) >= 11 is 0. The Labute approximate surface area is 178 Å². The first-order chi connectivity index (χ1) is 14.6. The molecule has 0 amide bonds. The van der Waals surface area contributed by atoms with Gasteiger partial charge in [0.05, 0.1) is 34.9 Å². The summed E-state index contributed by atoms with van der Waals surface area (Å²) < 4.78 is 16.3. The Bertz CT molecular complexity index is 1330. The second-order valence-electron chi connectivity index (χ2n) is 8.57. The van der Waals surface area contributed by atoms with Gasteiger partial charge in [-0.05, 0) is 57.5 Å². The summed E-state index contributed by atoms with van der Waals surface area (Å²) in [5, 5.41) is 9.45. The fourth-order valence-corrected chi connectivity index (χ4v) is 3.57. The molecule has 158 valence electrons. The highest BCUT2D eigenvalue weighted by atomic mass is 19.1. The van der Waals surface area contributed by atoms with E-state index in [0.29, 0.717) is 34.3 Å². The Kier molecular flexibility index (Phi) is 5.05. The van der Waals surface area contributed by atoms with Crippen LogP contribution in [0.25, 0.3) is 10.9 Å². The monoisotopic (exact) mass is 418 g/mol. The van der Waals surface area contributed by atoms with Crippen LogP contribution >= 0.6 is 0 Å². The number of ketones is 1. The lowest BCUT2D eigenvalue weighted by Gasteiger charge is -2.20. The first kappa shape index (κ1) is 20.7. The normalized spacial score (nSPS) is 11.8. The van der Waals surface area contributed by atoms with E-state index in [1.54, 1.807) is 23.0 Å². The van der Waals surface area contributed by atoms with Crippen LogP contribution in [-0.4, -0.2) is 25.3 Å². The molecule has 0 spiro atoms. The van der Waals surface area contributed by atoms with Crippen molar-refractivity contribution in [2.75, 3.05) is 0 Å². The van der Waals surface area contributed by atoms with Crippen molar-refractivity contribution < 1.29 is 9.18 Å². The van der Waals surface area contributed by atoms with Crippen molar-refractivity contribution in [3.8, 4) is 0 Å². The molecule has 0 radical (unpaired) electrons. The van der Waals surface area contributed by atoms with Crippen LogP contribution < -0.4 is 5.56 Å². The molecule has 0 saturated carbocycles. The number of rotatable bonds is 4. The first-order valence-corrected chi connectivity index (χ1v) is 10.0. The molecule has 0 unspecified atom stereocenters. The van der Waals surface area contributed by atoms with Gasteiger partial charge in [-0.25, -0.2) is 9.07 Å². The minimum absolute atomic E-state index is 0.158. The van der Waals surface area contributed by atoms with Crippen LogP contribution in [0.15, 0.2) is 59.5 Å². The Hall–Kier alpha value is -3.61. The van der Waals surface area contributed by atoms with Gasteiger partial charge in [0, 0.05) is 11.1 Å². The molecule has 0 aliphatic rings. The van der Waals surface area contributed by atoms with Crippen LogP contribution in [0.1, 0.15) is 48.0 Å². The van der Waals surface area contributed by atoms with E-state index >= 15 is 0 Å². The van der Waals surface area contributed by atoms with Crippen molar-refractivity contribution in [1.82, 2.24) is 19.6 Å². The summed E-state index contributed by atoms with van der Waals surface area (Å²) in [5.74, 6) is -0.545. The van der Waals surface area contributed by atoms with Gasteiger partial charge in [-0.2, -0.15) is 10.2 Å². The van der Waals surface area contributed by atoms with Crippen LogP contribution in [0.3, 0.4) is 0 Å². The van der Waals surface area contributed by atoms with Crippen molar-refractivity contribution in [2.45, 2.75) is 39.8 Å². The largest absolute Gasteiger partial charge is 0.289 e. The number of fused-ring (bicyclic) bond motifs is 1. The van der Waals surface area contributed by atoms with Crippen LogP contribution in [0.4, 0.5) is 4.39 Å². The highest BCUT2D eigenvalue weighted by Gasteiger charge is 2.21.